The Bertz CT molecular complexity index is 845. The van der Waals surface area contributed by atoms with E-state index < -0.39 is 0 Å². The van der Waals surface area contributed by atoms with Crippen molar-refractivity contribution in [2.24, 2.45) is 0 Å². The van der Waals surface area contributed by atoms with Crippen LogP contribution in [0.25, 0.3) is 5.57 Å². The second-order valence-corrected chi connectivity index (χ2v) is 6.99. The molecule has 2 aliphatic rings. The van der Waals surface area contributed by atoms with Gasteiger partial charge >= 0.3 is 0 Å². The van der Waals surface area contributed by atoms with Crippen molar-refractivity contribution in [3.8, 4) is 0 Å². The molecule has 130 valence electrons. The fourth-order valence-electron chi connectivity index (χ4n) is 3.83. The molecule has 1 saturated heterocycles. The number of hydrogen-bond acceptors (Lipinski definition) is 2. The molecule has 0 N–H and O–H groups in total. The molecule has 0 radical (unpaired) electrons. The van der Waals surface area contributed by atoms with Crippen molar-refractivity contribution in [2.45, 2.75) is 45.6 Å². The number of anilines is 1. The molecule has 4 rings (SSSR count). The highest BCUT2D eigenvalue weighted by molar-refractivity contribution is 5.98. The molecule has 1 atom stereocenters. The summed E-state index contributed by atoms with van der Waals surface area (Å²) in [5, 5.41) is 4.64. The molecule has 0 bridgehead atoms. The number of nitrogens with zero attached hydrogens (tertiary/aromatic N) is 3. The first-order valence-corrected chi connectivity index (χ1v) is 8.87. The number of amides is 1. The minimum absolute atomic E-state index is 0.0282. The van der Waals surface area contributed by atoms with Gasteiger partial charge in [0, 0.05) is 18.4 Å². The van der Waals surface area contributed by atoms with Crippen LogP contribution in [0, 0.1) is 19.7 Å². The minimum atomic E-state index is -0.276. The van der Waals surface area contributed by atoms with Crippen molar-refractivity contribution < 1.29 is 9.18 Å². The normalized spacial score (nSPS) is 20.4. The number of halogens is 1. The monoisotopic (exact) mass is 339 g/mol. The average Bonchev–Trinajstić information content (AvgIpc) is 3.31. The van der Waals surface area contributed by atoms with Gasteiger partial charge in [0.1, 0.15) is 11.9 Å². The number of rotatable bonds is 3. The van der Waals surface area contributed by atoms with Crippen molar-refractivity contribution in [1.29, 1.82) is 0 Å². The molecular weight excluding hydrogens is 317 g/mol. The molecular formula is C20H22FN3O. The van der Waals surface area contributed by atoms with Gasteiger partial charge in [0.15, 0.2) is 0 Å². The van der Waals surface area contributed by atoms with Crippen LogP contribution in [0.4, 0.5) is 10.1 Å². The lowest BCUT2D eigenvalue weighted by molar-refractivity contribution is -0.120. The van der Waals surface area contributed by atoms with E-state index in [1.165, 1.54) is 12.0 Å². The minimum Gasteiger partial charge on any atom is -0.310 e. The molecule has 1 amide bonds. The predicted molar refractivity (Wildman–Crippen MR) is 95.9 cm³/mol. The van der Waals surface area contributed by atoms with Gasteiger partial charge in [0.25, 0.3) is 5.91 Å². The summed E-state index contributed by atoms with van der Waals surface area (Å²) in [5.41, 5.74) is 4.18. The molecule has 0 spiro atoms. The third kappa shape index (κ3) is 2.77. The Morgan fingerprint density at radius 3 is 2.68 bits per heavy atom. The zero-order valence-corrected chi connectivity index (χ0v) is 14.6. The van der Waals surface area contributed by atoms with Crippen molar-refractivity contribution in [3.05, 3.63) is 53.1 Å². The lowest BCUT2D eigenvalue weighted by Gasteiger charge is -2.18. The lowest BCUT2D eigenvalue weighted by atomic mass is 10.1. The van der Waals surface area contributed by atoms with Crippen LogP contribution in [0.15, 0.2) is 30.5 Å². The highest BCUT2D eigenvalue weighted by Crippen LogP contribution is 2.32. The first kappa shape index (κ1) is 16.1. The number of aryl methyl sites for hydroxylation is 2. The molecule has 1 aliphatic heterocycles. The highest BCUT2D eigenvalue weighted by atomic mass is 19.1. The van der Waals surface area contributed by atoms with Crippen molar-refractivity contribution in [1.82, 2.24) is 9.78 Å². The van der Waals surface area contributed by atoms with Gasteiger partial charge in [-0.15, -0.1) is 0 Å². The zero-order valence-electron chi connectivity index (χ0n) is 14.6. The summed E-state index contributed by atoms with van der Waals surface area (Å²) in [6, 6.07) is 5.22. The van der Waals surface area contributed by atoms with Crippen LogP contribution in [-0.2, 0) is 4.79 Å². The Labute approximate surface area is 146 Å². The van der Waals surface area contributed by atoms with Crippen LogP contribution in [0.1, 0.15) is 48.5 Å². The van der Waals surface area contributed by atoms with Gasteiger partial charge < -0.3 is 4.90 Å². The molecule has 1 aliphatic carbocycles. The largest absolute Gasteiger partial charge is 0.310 e. The second-order valence-electron chi connectivity index (χ2n) is 6.99. The summed E-state index contributed by atoms with van der Waals surface area (Å²) < 4.78 is 15.7. The first-order valence-electron chi connectivity index (χ1n) is 8.87. The first-order chi connectivity index (χ1) is 12.0. The molecule has 1 aromatic heterocycles. The topological polar surface area (TPSA) is 38.1 Å². The van der Waals surface area contributed by atoms with Crippen LogP contribution in [0.5, 0.6) is 0 Å². The summed E-state index contributed by atoms with van der Waals surface area (Å²) >= 11 is 0. The van der Waals surface area contributed by atoms with E-state index in [9.17, 15) is 9.18 Å². The van der Waals surface area contributed by atoms with E-state index in [0.717, 1.165) is 24.2 Å². The maximum atomic E-state index is 13.9. The number of allylic oxidation sites excluding steroid dienone is 2. The summed E-state index contributed by atoms with van der Waals surface area (Å²) in [5.74, 6) is -0.172. The molecule has 25 heavy (non-hydrogen) atoms. The number of benzene rings is 1. The molecule has 2 heterocycles. The van der Waals surface area contributed by atoms with Gasteiger partial charge in [0.05, 0.1) is 5.69 Å². The van der Waals surface area contributed by atoms with Gasteiger partial charge in [-0.1, -0.05) is 6.08 Å². The van der Waals surface area contributed by atoms with E-state index in [4.69, 9.17) is 0 Å². The number of aromatic nitrogens is 2. The van der Waals surface area contributed by atoms with Gasteiger partial charge in [-0.2, -0.15) is 5.10 Å². The molecule has 2 aromatic rings. The molecule has 4 nitrogen and oxygen atoms in total. The third-order valence-corrected chi connectivity index (χ3v) is 5.21. The van der Waals surface area contributed by atoms with E-state index in [2.05, 4.69) is 11.2 Å². The van der Waals surface area contributed by atoms with E-state index in [0.29, 0.717) is 24.1 Å². The molecule has 1 unspecified atom stereocenters. The van der Waals surface area contributed by atoms with E-state index in [-0.39, 0.29) is 17.8 Å². The Hall–Kier alpha value is -2.43. The second kappa shape index (κ2) is 6.14. The van der Waals surface area contributed by atoms with Crippen LogP contribution in [-0.4, -0.2) is 22.2 Å². The summed E-state index contributed by atoms with van der Waals surface area (Å²) in [6.07, 6.45) is 8.22. The van der Waals surface area contributed by atoms with Crippen LogP contribution < -0.4 is 4.90 Å². The summed E-state index contributed by atoms with van der Waals surface area (Å²) in [4.78, 5) is 14.7. The van der Waals surface area contributed by atoms with Crippen molar-refractivity contribution >= 4 is 17.2 Å². The standard InChI is InChI=1S/C20H22FN3O/c1-13-11-16(12-14(2)19(13)21)23-9-8-18(20(23)25)24-10-7-17(22-24)15-5-3-4-6-15/h5,7,10-12,18H,3-4,6,8-9H2,1-2H3. The smallest absolute Gasteiger partial charge is 0.251 e. The van der Waals surface area contributed by atoms with Crippen LogP contribution in [0.2, 0.25) is 0 Å². The zero-order chi connectivity index (χ0) is 17.6. The van der Waals surface area contributed by atoms with E-state index in [1.54, 1.807) is 35.6 Å². The molecule has 1 fully saturated rings. The van der Waals surface area contributed by atoms with Gasteiger partial charge in [0.2, 0.25) is 0 Å². The molecule has 0 saturated carbocycles. The number of carbonyl (C=O) groups is 1. The molecule has 5 heteroatoms. The Balaban J connectivity index is 1.58. The Kier molecular flexibility index (Phi) is 3.94. The number of carbonyl (C=O) groups excluding carboxylic acids is 1. The predicted octanol–water partition coefficient (Wildman–Crippen LogP) is 4.18. The maximum Gasteiger partial charge on any atom is 0.251 e. The van der Waals surface area contributed by atoms with Crippen LogP contribution in [0.3, 0.4) is 0 Å². The molecule has 1 aromatic carbocycles. The van der Waals surface area contributed by atoms with Crippen molar-refractivity contribution in [3.63, 3.8) is 0 Å². The van der Waals surface area contributed by atoms with Gasteiger partial charge in [-0.25, -0.2) is 4.39 Å². The summed E-state index contributed by atoms with van der Waals surface area (Å²) in [7, 11) is 0. The van der Waals surface area contributed by atoms with Gasteiger partial charge in [-0.05, 0) is 74.4 Å². The number of hydrogen-bond donors (Lipinski definition) is 0. The Morgan fingerprint density at radius 1 is 1.24 bits per heavy atom. The van der Waals surface area contributed by atoms with Crippen LogP contribution >= 0.6 is 0 Å². The van der Waals surface area contributed by atoms with Crippen molar-refractivity contribution in [2.75, 3.05) is 11.4 Å². The third-order valence-electron chi connectivity index (χ3n) is 5.21. The fourth-order valence-corrected chi connectivity index (χ4v) is 3.83. The van der Waals surface area contributed by atoms with E-state index in [1.807, 2.05) is 12.3 Å². The highest BCUT2D eigenvalue weighted by Gasteiger charge is 2.35. The lowest BCUT2D eigenvalue weighted by Crippen LogP contribution is -2.28. The summed E-state index contributed by atoms with van der Waals surface area (Å²) in [6.45, 7) is 4.10. The Morgan fingerprint density at radius 2 is 2.00 bits per heavy atom. The van der Waals surface area contributed by atoms with Gasteiger partial charge in [-0.3, -0.25) is 9.48 Å². The maximum absolute atomic E-state index is 13.9. The quantitative estimate of drug-likeness (QED) is 0.841. The van der Waals surface area contributed by atoms with E-state index >= 15 is 0 Å². The fraction of sp³-hybridized carbons (Fsp3) is 0.400. The average molecular weight is 339 g/mol. The SMILES string of the molecule is Cc1cc(N2CCC(n3ccc(C4=CCCC4)n3)C2=O)cc(C)c1F.